The van der Waals surface area contributed by atoms with Crippen LogP contribution in [0.1, 0.15) is 67.2 Å². The van der Waals surface area contributed by atoms with E-state index in [9.17, 15) is 9.59 Å². The number of hydrogen-bond donors (Lipinski definition) is 0. The van der Waals surface area contributed by atoms with Crippen molar-refractivity contribution >= 4 is 26.9 Å². The molecule has 0 aromatic rings. The molecule has 0 amide bonds. The van der Waals surface area contributed by atoms with Gasteiger partial charge in [-0.3, -0.25) is 9.59 Å². The standard InChI is InChI=1S/C6H10O3.C4H9O.2C3H7O.Al/c1-3-9-6(8)4-5(2)7;1-3-4(2)5;2*1-2-3-4;/h3-4H2,1-2H3;4H,3H2,1-2H3;2*2-3H2,1H3;/q;3*-1;+3. The second-order valence-corrected chi connectivity index (χ2v) is 6.59. The summed E-state index contributed by atoms with van der Waals surface area (Å²) >= 11 is -1.84. The van der Waals surface area contributed by atoms with Gasteiger partial charge in [0.25, 0.3) is 0 Å². The zero-order valence-electron chi connectivity index (χ0n) is 15.6. The molecule has 0 saturated heterocycles. The van der Waals surface area contributed by atoms with Crippen LogP contribution in [0, 0.1) is 0 Å². The average molecular weight is 348 g/mol. The minimum Gasteiger partial charge on any atom is -0.466 e. The van der Waals surface area contributed by atoms with Crippen molar-refractivity contribution < 1.29 is 25.7 Å². The molecule has 136 valence electrons. The first-order valence-electron chi connectivity index (χ1n) is 8.44. The van der Waals surface area contributed by atoms with Crippen LogP contribution in [-0.4, -0.2) is 52.8 Å². The van der Waals surface area contributed by atoms with Crippen LogP contribution >= 0.6 is 0 Å². The van der Waals surface area contributed by atoms with Gasteiger partial charge < -0.3 is 16.1 Å². The van der Waals surface area contributed by atoms with E-state index in [4.69, 9.17) is 11.4 Å². The zero-order chi connectivity index (χ0) is 18.1. The number of ether oxygens (including phenoxy) is 1. The van der Waals surface area contributed by atoms with Crippen molar-refractivity contribution in [3.63, 3.8) is 0 Å². The molecule has 0 N–H and O–H groups in total. The molecule has 0 saturated carbocycles. The molecule has 0 aliphatic carbocycles. The van der Waals surface area contributed by atoms with Gasteiger partial charge in [0.05, 0.1) is 6.61 Å². The molecule has 0 heterocycles. The van der Waals surface area contributed by atoms with E-state index in [-0.39, 0.29) is 18.3 Å². The Bertz CT molecular complexity index is 290. The first kappa shape index (κ1) is 24.8. The molecule has 1 atom stereocenters. The number of carbonyl (C=O) groups is 2. The monoisotopic (exact) mass is 348 g/mol. The largest absolute Gasteiger partial charge is 0.905 e. The first-order valence-corrected chi connectivity index (χ1v) is 9.86. The number of Topliss-reactive ketones (excluding diaryl/α,β-unsaturated/α-hetero) is 1. The lowest BCUT2D eigenvalue weighted by atomic mass is 10.3. The van der Waals surface area contributed by atoms with E-state index in [1.54, 1.807) is 6.92 Å². The van der Waals surface area contributed by atoms with E-state index in [0.717, 1.165) is 32.5 Å². The molecule has 0 aliphatic rings. The Morgan fingerprint density at radius 3 is 1.87 bits per heavy atom. The molecule has 0 bridgehead atoms. The van der Waals surface area contributed by atoms with Crippen LogP contribution in [-0.2, 0) is 25.7 Å². The van der Waals surface area contributed by atoms with E-state index < -0.39 is 21.1 Å². The van der Waals surface area contributed by atoms with Crippen LogP contribution in [0.2, 0.25) is 0 Å². The van der Waals surface area contributed by atoms with E-state index in [2.05, 4.69) is 32.4 Å². The van der Waals surface area contributed by atoms with Gasteiger partial charge in [-0.05, 0) is 40.0 Å². The Labute approximate surface area is 146 Å². The molecule has 0 rings (SSSR count). The van der Waals surface area contributed by atoms with E-state index in [1.807, 2.05) is 0 Å². The van der Waals surface area contributed by atoms with Gasteiger partial charge in [0.1, 0.15) is 12.2 Å². The minimum atomic E-state index is -1.84. The Kier molecular flexibility index (Phi) is 19.3. The molecular formula is C16H33AlO6. The number of hydrogen-bond acceptors (Lipinski definition) is 6. The highest BCUT2D eigenvalue weighted by Crippen LogP contribution is 2.03. The van der Waals surface area contributed by atoms with Crippen molar-refractivity contribution in [1.82, 2.24) is 0 Å². The quantitative estimate of drug-likeness (QED) is 0.306. The Balaban J connectivity index is 0. The maximum atomic E-state index is 10.4. The van der Waals surface area contributed by atoms with Gasteiger partial charge in [0, 0.05) is 19.3 Å². The molecule has 0 fully saturated rings. The number of carbonyl (C=O) groups excluding carboxylic acids is 2. The van der Waals surface area contributed by atoms with Crippen molar-refractivity contribution in [1.29, 1.82) is 0 Å². The fourth-order valence-electron chi connectivity index (χ4n) is 1.26. The highest BCUT2D eigenvalue weighted by atomic mass is 27.3. The second-order valence-electron chi connectivity index (χ2n) is 5.07. The number of esters is 1. The summed E-state index contributed by atoms with van der Waals surface area (Å²) in [4.78, 5) is 20.6. The number of rotatable bonds is 12. The molecule has 7 heteroatoms. The fraction of sp³-hybridized carbons (Fsp3) is 0.875. The van der Waals surface area contributed by atoms with Crippen LogP contribution in [0.4, 0.5) is 0 Å². The lowest BCUT2D eigenvalue weighted by Crippen LogP contribution is -2.31. The van der Waals surface area contributed by atoms with Gasteiger partial charge in [0.15, 0.2) is 0 Å². The van der Waals surface area contributed by atoms with Gasteiger partial charge in [0.2, 0.25) is 0 Å². The second kappa shape index (κ2) is 17.9. The van der Waals surface area contributed by atoms with Gasteiger partial charge in [-0.1, -0.05) is 20.8 Å². The average Bonchev–Trinajstić information content (AvgIpc) is 2.49. The Morgan fingerprint density at radius 1 is 1.00 bits per heavy atom. The molecule has 0 aromatic heterocycles. The van der Waals surface area contributed by atoms with Crippen LogP contribution < -0.4 is 0 Å². The number of ketones is 1. The summed E-state index contributed by atoms with van der Waals surface area (Å²) in [5.74, 6) is -0.599. The maximum Gasteiger partial charge on any atom is 0.905 e. The molecule has 6 nitrogen and oxygen atoms in total. The van der Waals surface area contributed by atoms with Gasteiger partial charge >= 0.3 is 21.1 Å². The lowest BCUT2D eigenvalue weighted by molar-refractivity contribution is -0.145. The van der Waals surface area contributed by atoms with Crippen LogP contribution in [0.15, 0.2) is 0 Å². The highest BCUT2D eigenvalue weighted by molar-refractivity contribution is 6.36. The minimum absolute atomic E-state index is 0.103. The smallest absolute Gasteiger partial charge is 0.466 e. The topological polar surface area (TPSA) is 71.1 Å². The first-order chi connectivity index (χ1) is 10.9. The Morgan fingerprint density at radius 2 is 1.52 bits per heavy atom. The van der Waals surface area contributed by atoms with E-state index >= 15 is 0 Å². The van der Waals surface area contributed by atoms with E-state index in [0.29, 0.717) is 6.61 Å². The van der Waals surface area contributed by atoms with Crippen LogP contribution in [0.25, 0.3) is 0 Å². The van der Waals surface area contributed by atoms with Gasteiger partial charge in [-0.2, -0.15) is 0 Å². The molecule has 23 heavy (non-hydrogen) atoms. The van der Waals surface area contributed by atoms with Crippen LogP contribution in [0.5, 0.6) is 0 Å². The maximum absolute atomic E-state index is 10.4. The third-order valence-corrected chi connectivity index (χ3v) is 4.24. The predicted molar refractivity (Wildman–Crippen MR) is 91.0 cm³/mol. The summed E-state index contributed by atoms with van der Waals surface area (Å²) in [5.41, 5.74) is 0. The molecule has 0 aliphatic heterocycles. The summed E-state index contributed by atoms with van der Waals surface area (Å²) in [6, 6.07) is 0. The fourth-order valence-corrected chi connectivity index (χ4v) is 2.94. The van der Waals surface area contributed by atoms with Crippen molar-refractivity contribution in [2.24, 2.45) is 0 Å². The summed E-state index contributed by atoms with van der Waals surface area (Å²) in [7, 11) is 0. The van der Waals surface area contributed by atoms with E-state index in [1.165, 1.54) is 6.92 Å². The Hall–Kier alpha value is -0.448. The van der Waals surface area contributed by atoms with Crippen molar-refractivity contribution in [3.8, 4) is 0 Å². The molecule has 0 spiro atoms. The summed E-state index contributed by atoms with van der Waals surface area (Å²) in [6.45, 7) is 13.2. The van der Waals surface area contributed by atoms with Crippen molar-refractivity contribution in [2.45, 2.75) is 73.3 Å². The van der Waals surface area contributed by atoms with Crippen molar-refractivity contribution in [2.75, 3.05) is 19.8 Å². The molecule has 0 aromatic carbocycles. The zero-order valence-corrected chi connectivity index (χ0v) is 16.7. The summed E-state index contributed by atoms with van der Waals surface area (Å²) in [6.07, 6.45) is 3.19. The molecule has 1 unspecified atom stereocenters. The van der Waals surface area contributed by atoms with Gasteiger partial charge in [-0.25, -0.2) is 0 Å². The molecular weight excluding hydrogens is 315 g/mol. The lowest BCUT2D eigenvalue weighted by Gasteiger charge is -2.17. The highest BCUT2D eigenvalue weighted by Gasteiger charge is 2.32. The van der Waals surface area contributed by atoms with Crippen molar-refractivity contribution in [3.05, 3.63) is 0 Å². The predicted octanol–water partition coefficient (Wildman–Crippen LogP) is 3.17. The molecule has 0 radical (unpaired) electrons. The third kappa shape index (κ3) is 19.5. The SMILES string of the molecule is CCC[O][Al]([O]CCC)[O]C(C)CC.CCOC(=O)CC(C)=O. The van der Waals surface area contributed by atoms with Crippen LogP contribution in [0.3, 0.4) is 0 Å². The normalized spacial score (nSPS) is 11.2. The third-order valence-electron chi connectivity index (χ3n) is 2.53. The summed E-state index contributed by atoms with van der Waals surface area (Å²) < 4.78 is 21.3. The summed E-state index contributed by atoms with van der Waals surface area (Å²) in [5, 5.41) is 0. The van der Waals surface area contributed by atoms with Gasteiger partial charge in [-0.15, -0.1) is 0 Å².